The van der Waals surface area contributed by atoms with Gasteiger partial charge in [-0.05, 0) is 19.4 Å². The number of amides is 1. The zero-order valence-electron chi connectivity index (χ0n) is 12.2. The average Bonchev–Trinajstić information content (AvgIpc) is 2.74. The van der Waals surface area contributed by atoms with Crippen LogP contribution >= 0.6 is 0 Å². The highest BCUT2D eigenvalue weighted by Gasteiger charge is 2.49. The van der Waals surface area contributed by atoms with Gasteiger partial charge in [0, 0.05) is 14.1 Å². The van der Waals surface area contributed by atoms with Crippen molar-refractivity contribution in [1.82, 2.24) is 4.90 Å². The smallest absolute Gasteiger partial charge is 0.254 e. The van der Waals surface area contributed by atoms with Gasteiger partial charge < -0.3 is 19.5 Å². The van der Waals surface area contributed by atoms with Gasteiger partial charge in [-0.15, -0.1) is 0 Å². The van der Waals surface area contributed by atoms with Crippen LogP contribution in [0.3, 0.4) is 0 Å². The second kappa shape index (κ2) is 5.52. The molecule has 1 aromatic carbocycles. The molecule has 0 bridgehead atoms. The fraction of sp³-hybridized carbons (Fsp3) is 0.533. The molecule has 2 rings (SSSR count). The first kappa shape index (κ1) is 15.0. The predicted octanol–water partition coefficient (Wildman–Crippen LogP) is 1.33. The fourth-order valence-corrected chi connectivity index (χ4v) is 2.31. The molecule has 1 aliphatic heterocycles. The molecule has 1 amide bonds. The Labute approximate surface area is 119 Å². The van der Waals surface area contributed by atoms with E-state index >= 15 is 0 Å². The normalized spacial score (nSPS) is 26.2. The Morgan fingerprint density at radius 2 is 1.85 bits per heavy atom. The van der Waals surface area contributed by atoms with Gasteiger partial charge in [0.2, 0.25) is 0 Å². The van der Waals surface area contributed by atoms with Crippen LogP contribution in [0.2, 0.25) is 0 Å². The van der Waals surface area contributed by atoms with E-state index in [2.05, 4.69) is 0 Å². The summed E-state index contributed by atoms with van der Waals surface area (Å²) in [6.45, 7) is 3.47. The molecule has 1 heterocycles. The van der Waals surface area contributed by atoms with Crippen molar-refractivity contribution < 1.29 is 19.4 Å². The van der Waals surface area contributed by atoms with Crippen LogP contribution in [0, 0.1) is 0 Å². The van der Waals surface area contributed by atoms with Crippen molar-refractivity contribution in [3.63, 3.8) is 0 Å². The highest BCUT2D eigenvalue weighted by atomic mass is 16.8. The molecule has 5 nitrogen and oxygen atoms in total. The Hall–Kier alpha value is -1.43. The monoisotopic (exact) mass is 279 g/mol. The van der Waals surface area contributed by atoms with Gasteiger partial charge in [0.25, 0.3) is 5.91 Å². The summed E-state index contributed by atoms with van der Waals surface area (Å²) in [5.74, 6) is -1.10. The lowest BCUT2D eigenvalue weighted by atomic mass is 10.00. The first-order chi connectivity index (χ1) is 9.32. The van der Waals surface area contributed by atoms with Crippen LogP contribution in [0.15, 0.2) is 30.3 Å². The number of aliphatic hydroxyl groups excluding tert-OH is 1. The van der Waals surface area contributed by atoms with Crippen molar-refractivity contribution in [3.8, 4) is 0 Å². The topological polar surface area (TPSA) is 59.0 Å². The maximum Gasteiger partial charge on any atom is 0.254 e. The van der Waals surface area contributed by atoms with E-state index in [0.29, 0.717) is 5.56 Å². The van der Waals surface area contributed by atoms with E-state index < -0.39 is 24.1 Å². The first-order valence-electron chi connectivity index (χ1n) is 6.61. The van der Waals surface area contributed by atoms with E-state index in [0.717, 1.165) is 0 Å². The molecule has 0 radical (unpaired) electrons. The van der Waals surface area contributed by atoms with Gasteiger partial charge in [-0.25, -0.2) is 0 Å². The summed E-state index contributed by atoms with van der Waals surface area (Å²) in [6, 6.07) is 9.15. The molecule has 110 valence electrons. The summed E-state index contributed by atoms with van der Waals surface area (Å²) >= 11 is 0. The number of nitrogens with zero attached hydrogens (tertiary/aromatic N) is 1. The maximum absolute atomic E-state index is 12.2. The molecule has 1 saturated heterocycles. The molecule has 1 fully saturated rings. The highest BCUT2D eigenvalue weighted by Crippen LogP contribution is 2.35. The average molecular weight is 279 g/mol. The van der Waals surface area contributed by atoms with E-state index in [1.54, 1.807) is 40.1 Å². The van der Waals surface area contributed by atoms with Crippen molar-refractivity contribution in [2.45, 2.75) is 37.9 Å². The maximum atomic E-state index is 12.2. The van der Waals surface area contributed by atoms with Crippen LogP contribution < -0.4 is 0 Å². The molecular formula is C15H21NO4. The molecule has 1 N–H and O–H groups in total. The number of benzene rings is 1. The third-order valence-electron chi connectivity index (χ3n) is 3.27. The number of hydrogen-bond acceptors (Lipinski definition) is 4. The van der Waals surface area contributed by atoms with Gasteiger partial charge in [-0.3, -0.25) is 4.79 Å². The number of hydrogen-bond donors (Lipinski definition) is 1. The molecule has 0 saturated carbocycles. The largest absolute Gasteiger partial charge is 0.386 e. The Morgan fingerprint density at radius 1 is 1.25 bits per heavy atom. The van der Waals surface area contributed by atoms with E-state index in [1.807, 2.05) is 18.2 Å². The summed E-state index contributed by atoms with van der Waals surface area (Å²) in [5, 5.41) is 10.5. The molecule has 5 heteroatoms. The zero-order chi connectivity index (χ0) is 14.9. The standard InChI is InChI=1S/C15H21NO4/c1-15(2)19-12(13(20-15)14(18)16(3)4)11(17)10-8-6-5-7-9-10/h5-9,11-13,17H,1-4H3/t11-,12+,13-/m0/s1. The van der Waals surface area contributed by atoms with E-state index in [9.17, 15) is 9.90 Å². The molecule has 1 aliphatic rings. The predicted molar refractivity (Wildman–Crippen MR) is 73.9 cm³/mol. The second-order valence-corrected chi connectivity index (χ2v) is 5.61. The molecule has 0 aliphatic carbocycles. The van der Waals surface area contributed by atoms with E-state index in [-0.39, 0.29) is 5.91 Å². The van der Waals surface area contributed by atoms with Crippen LogP contribution in [0.1, 0.15) is 25.5 Å². The number of carbonyl (C=O) groups excluding carboxylic acids is 1. The van der Waals surface area contributed by atoms with Gasteiger partial charge in [0.05, 0.1) is 0 Å². The van der Waals surface area contributed by atoms with Crippen LogP contribution in [0.25, 0.3) is 0 Å². The molecule has 0 unspecified atom stereocenters. The molecule has 1 aromatic rings. The molecule has 3 atom stereocenters. The number of ether oxygens (including phenoxy) is 2. The van der Waals surface area contributed by atoms with Gasteiger partial charge in [0.1, 0.15) is 12.2 Å². The van der Waals surface area contributed by atoms with Gasteiger partial charge in [-0.2, -0.15) is 0 Å². The summed E-state index contributed by atoms with van der Waals surface area (Å²) in [7, 11) is 3.31. The van der Waals surface area contributed by atoms with Crippen LogP contribution in [0.5, 0.6) is 0 Å². The van der Waals surface area contributed by atoms with Crippen molar-refractivity contribution in [2.24, 2.45) is 0 Å². The SMILES string of the molecule is CN(C)C(=O)[C@H]1OC(C)(C)O[C@@H]1[C@@H](O)c1ccccc1. The summed E-state index contributed by atoms with van der Waals surface area (Å²) in [6.07, 6.45) is -2.44. The first-order valence-corrected chi connectivity index (χ1v) is 6.61. The highest BCUT2D eigenvalue weighted by molar-refractivity contribution is 5.81. The van der Waals surface area contributed by atoms with E-state index in [1.165, 1.54) is 4.90 Å². The molecular weight excluding hydrogens is 258 g/mol. The van der Waals surface area contributed by atoms with Crippen molar-refractivity contribution in [2.75, 3.05) is 14.1 Å². The minimum atomic E-state index is -0.910. The van der Waals surface area contributed by atoms with Crippen molar-refractivity contribution in [1.29, 1.82) is 0 Å². The number of likely N-dealkylation sites (N-methyl/N-ethyl adjacent to an activating group) is 1. The number of aliphatic hydroxyl groups is 1. The summed E-state index contributed by atoms with van der Waals surface area (Å²) in [5.41, 5.74) is 0.704. The van der Waals surface area contributed by atoms with Crippen LogP contribution in [-0.4, -0.2) is 48.0 Å². The fourth-order valence-electron chi connectivity index (χ4n) is 2.31. The lowest BCUT2D eigenvalue weighted by Gasteiger charge is -2.24. The van der Waals surface area contributed by atoms with Gasteiger partial charge >= 0.3 is 0 Å². The minimum Gasteiger partial charge on any atom is -0.386 e. The van der Waals surface area contributed by atoms with Crippen molar-refractivity contribution >= 4 is 5.91 Å². The van der Waals surface area contributed by atoms with Crippen LogP contribution in [0.4, 0.5) is 0 Å². The number of rotatable bonds is 3. The molecule has 0 spiro atoms. The minimum absolute atomic E-state index is 0.212. The van der Waals surface area contributed by atoms with Gasteiger partial charge in [-0.1, -0.05) is 30.3 Å². The lowest BCUT2D eigenvalue weighted by Crippen LogP contribution is -2.42. The summed E-state index contributed by atoms with van der Waals surface area (Å²) < 4.78 is 11.4. The lowest BCUT2D eigenvalue weighted by molar-refractivity contribution is -0.163. The van der Waals surface area contributed by atoms with Gasteiger partial charge in [0.15, 0.2) is 11.9 Å². The van der Waals surface area contributed by atoms with Crippen LogP contribution in [-0.2, 0) is 14.3 Å². The third-order valence-corrected chi connectivity index (χ3v) is 3.27. The quantitative estimate of drug-likeness (QED) is 0.907. The third kappa shape index (κ3) is 3.00. The Bertz CT molecular complexity index is 472. The Balaban J connectivity index is 2.25. The second-order valence-electron chi connectivity index (χ2n) is 5.61. The van der Waals surface area contributed by atoms with Crippen molar-refractivity contribution in [3.05, 3.63) is 35.9 Å². The van der Waals surface area contributed by atoms with E-state index in [4.69, 9.17) is 9.47 Å². The number of carbonyl (C=O) groups is 1. The molecule has 0 aromatic heterocycles. The Kier molecular flexibility index (Phi) is 4.13. The zero-order valence-corrected chi connectivity index (χ0v) is 12.2. The Morgan fingerprint density at radius 3 is 2.40 bits per heavy atom. The molecule has 20 heavy (non-hydrogen) atoms. The summed E-state index contributed by atoms with van der Waals surface area (Å²) in [4.78, 5) is 13.6.